The number of nitrogens with one attached hydrogen (secondary N) is 2. The molecule has 0 aliphatic rings. The van der Waals surface area contributed by atoms with Crippen molar-refractivity contribution in [2.24, 2.45) is 0 Å². The van der Waals surface area contributed by atoms with E-state index in [-0.39, 0.29) is 5.56 Å². The number of rotatable bonds is 4. The molecule has 4 nitrogen and oxygen atoms in total. The van der Waals surface area contributed by atoms with Crippen LogP contribution >= 0.6 is 0 Å². The number of amides is 2. The molecule has 0 atom stereocenters. The van der Waals surface area contributed by atoms with Crippen molar-refractivity contribution in [2.75, 3.05) is 0 Å². The molecule has 0 aromatic heterocycles. The van der Waals surface area contributed by atoms with E-state index in [4.69, 9.17) is 0 Å². The third kappa shape index (κ3) is 5.47. The molecule has 2 rings (SSSR count). The van der Waals surface area contributed by atoms with Crippen LogP contribution in [-0.2, 0) is 17.4 Å². The van der Waals surface area contributed by atoms with Crippen LogP contribution < -0.4 is 10.9 Å². The van der Waals surface area contributed by atoms with Crippen LogP contribution in [0.2, 0.25) is 0 Å². The van der Waals surface area contributed by atoms with Gasteiger partial charge in [-0.15, -0.1) is 0 Å². The average Bonchev–Trinajstić information content (AvgIpc) is 2.64. The molecule has 0 unspecified atom stereocenters. The number of hydrogen-bond donors (Lipinski definition) is 2. The molecule has 2 N–H and O–H groups in total. The monoisotopic (exact) mass is 362 g/mol. The Kier molecular flexibility index (Phi) is 6.16. The number of carbonyl (C=O) groups excluding carboxylic acids is 2. The summed E-state index contributed by atoms with van der Waals surface area (Å²) < 4.78 is 37.9. The number of hydrogen-bond acceptors (Lipinski definition) is 2. The third-order valence-corrected chi connectivity index (χ3v) is 3.56. The first-order valence-corrected chi connectivity index (χ1v) is 7.84. The highest BCUT2D eigenvalue weighted by atomic mass is 19.4. The predicted octanol–water partition coefficient (Wildman–Crippen LogP) is 3.74. The summed E-state index contributed by atoms with van der Waals surface area (Å²) in [5, 5.41) is 0. The van der Waals surface area contributed by atoms with Crippen LogP contribution in [0.3, 0.4) is 0 Å². The van der Waals surface area contributed by atoms with Crippen molar-refractivity contribution in [1.29, 1.82) is 0 Å². The summed E-state index contributed by atoms with van der Waals surface area (Å²) >= 11 is 0. The zero-order chi connectivity index (χ0) is 19.2. The normalized spacial score (nSPS) is 11.4. The maximum atomic E-state index is 12.6. The van der Waals surface area contributed by atoms with Gasteiger partial charge in [0.05, 0.1) is 5.56 Å². The Labute approximate surface area is 148 Å². The molecule has 2 amide bonds. The number of halogens is 3. The van der Waals surface area contributed by atoms with Crippen LogP contribution in [0.15, 0.2) is 54.6 Å². The van der Waals surface area contributed by atoms with Crippen LogP contribution in [0.4, 0.5) is 13.2 Å². The molecule has 26 heavy (non-hydrogen) atoms. The van der Waals surface area contributed by atoms with Crippen molar-refractivity contribution in [3.05, 3.63) is 76.9 Å². The molecule has 0 heterocycles. The Morgan fingerprint density at radius 1 is 1.04 bits per heavy atom. The highest BCUT2D eigenvalue weighted by molar-refractivity contribution is 5.97. The van der Waals surface area contributed by atoms with E-state index >= 15 is 0 Å². The van der Waals surface area contributed by atoms with Crippen LogP contribution in [-0.4, -0.2) is 11.8 Å². The minimum atomic E-state index is -4.45. The Hall–Kier alpha value is -3.09. The van der Waals surface area contributed by atoms with E-state index < -0.39 is 23.6 Å². The molecule has 0 fully saturated rings. The number of benzene rings is 2. The van der Waals surface area contributed by atoms with Crippen LogP contribution in [0.5, 0.6) is 0 Å². The summed E-state index contributed by atoms with van der Waals surface area (Å²) in [6.45, 7) is 1.99. The highest BCUT2D eigenvalue weighted by Gasteiger charge is 2.30. The van der Waals surface area contributed by atoms with E-state index in [1.807, 2.05) is 19.1 Å². The van der Waals surface area contributed by atoms with Crippen molar-refractivity contribution in [3.8, 4) is 0 Å². The van der Waals surface area contributed by atoms with E-state index in [1.165, 1.54) is 18.2 Å². The van der Waals surface area contributed by atoms with Crippen LogP contribution in [0.1, 0.15) is 34.0 Å². The largest absolute Gasteiger partial charge is 0.416 e. The van der Waals surface area contributed by atoms with Gasteiger partial charge in [0.2, 0.25) is 0 Å². The van der Waals surface area contributed by atoms with E-state index in [1.54, 1.807) is 12.1 Å². The molecule has 7 heteroatoms. The summed E-state index contributed by atoms with van der Waals surface area (Å²) in [5.41, 5.74) is 5.29. The lowest BCUT2D eigenvalue weighted by Crippen LogP contribution is -2.40. The van der Waals surface area contributed by atoms with Crippen molar-refractivity contribution in [2.45, 2.75) is 19.5 Å². The summed E-state index contributed by atoms with van der Waals surface area (Å²) in [7, 11) is 0. The van der Waals surface area contributed by atoms with Gasteiger partial charge < -0.3 is 0 Å². The minimum absolute atomic E-state index is 0.219. The minimum Gasteiger partial charge on any atom is -0.268 e. The van der Waals surface area contributed by atoms with Crippen LogP contribution in [0.25, 0.3) is 6.08 Å². The van der Waals surface area contributed by atoms with Crippen molar-refractivity contribution in [3.63, 3.8) is 0 Å². The number of carbonyl (C=O) groups is 2. The smallest absolute Gasteiger partial charge is 0.268 e. The molecule has 0 aliphatic heterocycles. The topological polar surface area (TPSA) is 58.2 Å². The maximum absolute atomic E-state index is 12.6. The molecule has 0 saturated carbocycles. The van der Waals surface area contributed by atoms with Gasteiger partial charge >= 0.3 is 6.18 Å². The lowest BCUT2D eigenvalue weighted by atomic mass is 10.1. The molecule has 2 aromatic carbocycles. The molecular formula is C19H17F3N2O2. The summed E-state index contributed by atoms with van der Waals surface area (Å²) in [6.07, 6.45) is -1.34. The first kappa shape index (κ1) is 19.2. The van der Waals surface area contributed by atoms with Gasteiger partial charge in [-0.25, -0.2) is 0 Å². The summed E-state index contributed by atoms with van der Waals surface area (Å²) in [4.78, 5) is 23.6. The summed E-state index contributed by atoms with van der Waals surface area (Å²) in [6, 6.07) is 11.5. The zero-order valence-electron chi connectivity index (χ0n) is 13.9. The molecule has 136 valence electrons. The Balaban J connectivity index is 1.92. The molecule has 0 aliphatic carbocycles. The van der Waals surface area contributed by atoms with E-state index in [0.717, 1.165) is 30.2 Å². The molecule has 0 saturated heterocycles. The van der Waals surface area contributed by atoms with Gasteiger partial charge in [0.1, 0.15) is 0 Å². The number of aryl methyl sites for hydroxylation is 1. The highest BCUT2D eigenvalue weighted by Crippen LogP contribution is 2.29. The second-order valence-corrected chi connectivity index (χ2v) is 5.45. The molecule has 0 spiro atoms. The fourth-order valence-corrected chi connectivity index (χ4v) is 2.11. The lowest BCUT2D eigenvalue weighted by Gasteiger charge is -2.07. The fourth-order valence-electron chi connectivity index (χ4n) is 2.11. The standard InChI is InChI=1S/C19H17F3N2O2/c1-2-13-6-9-15(10-7-13)18(26)24-23-17(25)11-8-14-4-3-5-16(12-14)19(20,21)22/h3-12H,2H2,1H3,(H,23,25)(H,24,26)/b11-8+. The van der Waals surface area contributed by atoms with Gasteiger partial charge in [0, 0.05) is 11.6 Å². The van der Waals surface area contributed by atoms with E-state index in [2.05, 4.69) is 10.9 Å². The second-order valence-electron chi connectivity index (χ2n) is 5.45. The number of alkyl halides is 3. The lowest BCUT2D eigenvalue weighted by molar-refractivity contribution is -0.137. The van der Waals surface area contributed by atoms with E-state index in [9.17, 15) is 22.8 Å². The van der Waals surface area contributed by atoms with Gasteiger partial charge in [-0.05, 0) is 47.9 Å². The Bertz CT molecular complexity index is 812. The Morgan fingerprint density at radius 3 is 2.35 bits per heavy atom. The van der Waals surface area contributed by atoms with Gasteiger partial charge in [0.15, 0.2) is 0 Å². The van der Waals surface area contributed by atoms with Crippen LogP contribution in [0, 0.1) is 0 Å². The third-order valence-electron chi connectivity index (χ3n) is 3.56. The first-order chi connectivity index (χ1) is 12.3. The van der Waals surface area contributed by atoms with Crippen molar-refractivity contribution in [1.82, 2.24) is 10.9 Å². The second kappa shape index (κ2) is 8.33. The number of hydrazine groups is 1. The Morgan fingerprint density at radius 2 is 1.73 bits per heavy atom. The first-order valence-electron chi connectivity index (χ1n) is 7.84. The summed E-state index contributed by atoms with van der Waals surface area (Å²) in [5.74, 6) is -1.16. The van der Waals surface area contributed by atoms with E-state index in [0.29, 0.717) is 5.56 Å². The maximum Gasteiger partial charge on any atom is 0.416 e. The van der Waals surface area contributed by atoms with Gasteiger partial charge in [-0.3, -0.25) is 20.4 Å². The SMILES string of the molecule is CCc1ccc(C(=O)NNC(=O)/C=C/c2cccc(C(F)(F)F)c2)cc1. The molecule has 2 aromatic rings. The van der Waals surface area contributed by atoms with Crippen molar-refractivity contribution >= 4 is 17.9 Å². The molecular weight excluding hydrogens is 345 g/mol. The fraction of sp³-hybridized carbons (Fsp3) is 0.158. The quantitative estimate of drug-likeness (QED) is 0.643. The molecule has 0 bridgehead atoms. The van der Waals surface area contributed by atoms with Gasteiger partial charge in [-0.2, -0.15) is 13.2 Å². The van der Waals surface area contributed by atoms with Gasteiger partial charge in [0.25, 0.3) is 11.8 Å². The average molecular weight is 362 g/mol. The zero-order valence-corrected chi connectivity index (χ0v) is 13.9. The predicted molar refractivity (Wildman–Crippen MR) is 91.9 cm³/mol. The molecule has 0 radical (unpaired) electrons. The van der Waals surface area contributed by atoms with Gasteiger partial charge in [-0.1, -0.05) is 31.2 Å². The van der Waals surface area contributed by atoms with Crippen molar-refractivity contribution < 1.29 is 22.8 Å².